The highest BCUT2D eigenvalue weighted by Crippen LogP contribution is 2.52. The van der Waals surface area contributed by atoms with Crippen LogP contribution in [0.25, 0.3) is 11.0 Å². The first-order chi connectivity index (χ1) is 37.7. The van der Waals surface area contributed by atoms with Crippen LogP contribution in [0, 0.1) is 39.8 Å². The van der Waals surface area contributed by atoms with Crippen LogP contribution in [0.5, 0.6) is 0 Å². The molecule has 23 nitrogen and oxygen atoms in total. The number of aromatic nitrogens is 6. The van der Waals surface area contributed by atoms with Gasteiger partial charge in [0.2, 0.25) is 11.2 Å². The molecule has 0 aliphatic carbocycles. The number of nitrogens with zero attached hydrogens (tertiary/aromatic N) is 9. The van der Waals surface area contributed by atoms with E-state index in [-0.39, 0.29) is 58.4 Å². The zero-order chi connectivity index (χ0) is 55.7. The molecule has 9 atom stereocenters. The van der Waals surface area contributed by atoms with Gasteiger partial charge in [-0.25, -0.2) is 28.0 Å². The number of allylic oxidation sites excluding steroid dienone is 2. The minimum absolute atomic E-state index is 0.0217. The largest absolute Gasteiger partial charge is 0.475 e. The predicted molar refractivity (Wildman–Crippen MR) is 279 cm³/mol. The number of aliphatic hydroxyl groups excluding tert-OH is 4. The van der Waals surface area contributed by atoms with Gasteiger partial charge in [-0.3, -0.25) is 13.6 Å². The van der Waals surface area contributed by atoms with Crippen molar-refractivity contribution in [2.24, 2.45) is 0 Å². The monoisotopic (exact) mass is 1100 g/mol. The third kappa shape index (κ3) is 14.0. The van der Waals surface area contributed by atoms with Crippen molar-refractivity contribution in [1.29, 1.82) is 15.8 Å². The van der Waals surface area contributed by atoms with Crippen LogP contribution in [-0.2, 0) is 54.9 Å². The van der Waals surface area contributed by atoms with Crippen LogP contribution in [0.15, 0.2) is 67.3 Å². The zero-order valence-electron chi connectivity index (χ0n) is 43.6. The lowest BCUT2D eigenvalue weighted by Gasteiger charge is -2.26. The molecule has 6 heterocycles. The highest BCUT2D eigenvalue weighted by Gasteiger charge is 2.59. The maximum absolute atomic E-state index is 15.1. The number of nitrogens with two attached hydrogens (primary N) is 2. The van der Waals surface area contributed by atoms with Crippen LogP contribution in [0.2, 0.25) is 0 Å². The molecule has 2 saturated heterocycles. The van der Waals surface area contributed by atoms with E-state index in [0.29, 0.717) is 6.61 Å². The predicted octanol–water partition coefficient (Wildman–Crippen LogP) is 6.12. The summed E-state index contributed by atoms with van der Waals surface area (Å²) in [6.07, 6.45) is 10.9. The first-order valence-corrected chi connectivity index (χ1v) is 27.8. The van der Waals surface area contributed by atoms with Gasteiger partial charge in [0.25, 0.3) is 0 Å². The van der Waals surface area contributed by atoms with E-state index >= 15 is 4.39 Å². The fourth-order valence-electron chi connectivity index (χ4n) is 9.47. The molecule has 78 heavy (non-hydrogen) atoms. The third-order valence-corrected chi connectivity index (χ3v) is 15.3. The Balaban J connectivity index is 1.02. The van der Waals surface area contributed by atoms with Gasteiger partial charge in [0.05, 0.1) is 56.1 Å². The number of benzene rings is 1. The Kier molecular flexibility index (Phi) is 21.6. The number of hydrogen-bond donors (Lipinski definition) is 6. The number of ether oxygens (including phenoxy) is 4. The Morgan fingerprint density at radius 1 is 0.731 bits per heavy atom. The van der Waals surface area contributed by atoms with Gasteiger partial charge >= 0.3 is 7.82 Å². The number of fused-ring (bicyclic) bond motifs is 2. The van der Waals surface area contributed by atoms with Crippen LogP contribution in [-0.4, -0.2) is 125 Å². The summed E-state index contributed by atoms with van der Waals surface area (Å²) >= 11 is 0. The Morgan fingerprint density at radius 3 is 1.74 bits per heavy atom. The Morgan fingerprint density at radius 2 is 1.24 bits per heavy atom. The van der Waals surface area contributed by atoms with Crippen LogP contribution in [0.3, 0.4) is 0 Å². The molecule has 2 aliphatic rings. The van der Waals surface area contributed by atoms with Crippen LogP contribution >= 0.6 is 7.82 Å². The number of anilines is 2. The number of hydrogen-bond acceptors (Lipinski definition) is 21. The molecule has 0 bridgehead atoms. The maximum Gasteiger partial charge on any atom is 0.475 e. The standard InChI is InChI=1S/C53H69FN11O12P/c1-2-3-4-5-6-7-8-9-10-11-12-13-14-15-16-17-24-71-28-38(72-27-37-19-18-36(26-55)25-39(37)54)29-73-78(70,74-30-42-46(66)48(68)52(32-56,76-42)44-22-20-40-50(58)60-34-62-64(40)44)75-31-43-47(67)49(69)53(33-57,77-43)45-23-21-41-51(59)61-35-63-65(41)45/h9-10,18-23,25,34-35,38,42-43,46-49,66-69H,2-8,11-17,24,27-31H2,1H3,(H2,58,60,62)(H2,59,61,63)/b10-9+/t38-,42-,43-,46-,47-,48-,49-,52+,53+/m1/s1. The van der Waals surface area contributed by atoms with Crippen molar-refractivity contribution in [2.45, 2.75) is 157 Å². The molecule has 2 aliphatic heterocycles. The zero-order valence-corrected chi connectivity index (χ0v) is 44.5. The lowest BCUT2D eigenvalue weighted by atomic mass is 9.92. The fraction of sp³-hybridized carbons (Fsp3) is 0.566. The maximum atomic E-state index is 15.1. The molecule has 0 spiro atoms. The van der Waals surface area contributed by atoms with Crippen molar-refractivity contribution in [2.75, 3.05) is 44.5 Å². The average molecular weight is 1100 g/mol. The summed E-state index contributed by atoms with van der Waals surface area (Å²) < 4.78 is 74.1. The van der Waals surface area contributed by atoms with Gasteiger partial charge in [-0.15, -0.1) is 0 Å². The molecule has 0 radical (unpaired) electrons. The second-order valence-corrected chi connectivity index (χ2v) is 21.1. The molecule has 1 aromatic carbocycles. The fourth-order valence-corrected chi connectivity index (χ4v) is 10.7. The number of nitrogen functional groups attached to an aromatic ring is 2. The van der Waals surface area contributed by atoms with Gasteiger partial charge in [-0.2, -0.15) is 26.0 Å². The van der Waals surface area contributed by atoms with E-state index < -0.39 is 87.4 Å². The molecule has 7 rings (SSSR count). The molecule has 0 saturated carbocycles. The average Bonchev–Trinajstić information content (AvgIpc) is 4.32. The van der Waals surface area contributed by atoms with Gasteiger partial charge in [0.15, 0.2) is 11.6 Å². The van der Waals surface area contributed by atoms with E-state index in [0.717, 1.165) is 70.1 Å². The minimum atomic E-state index is -5.02. The van der Waals surface area contributed by atoms with Crippen molar-refractivity contribution >= 4 is 30.5 Å². The number of aliphatic hydroxyl groups is 4. The summed E-state index contributed by atoms with van der Waals surface area (Å²) in [6, 6.07) is 15.4. The SMILES string of the molecule is CCCCCCCC/C=C/CCCCCCCCOC[C@H](COP(=O)(OC[C@H]1O[C@@](C#N)(c2ccc3c(N)ncnn23)[C@H](O)[C@@H]1O)OC[C@H]1O[C@@](C#N)(c2ccc3c(N)ncnn23)[C@H](O)[C@@H]1O)OCc1ccc(C#N)cc1F. The molecule has 8 N–H and O–H groups in total. The summed E-state index contributed by atoms with van der Waals surface area (Å²) in [7, 11) is -5.02. The Bertz CT molecular complexity index is 2830. The topological polar surface area (TPSA) is 346 Å². The van der Waals surface area contributed by atoms with E-state index in [9.17, 15) is 40.8 Å². The molecular weight excluding hydrogens is 1030 g/mol. The number of rotatable bonds is 32. The quantitative estimate of drug-likeness (QED) is 0.0160. The molecule has 420 valence electrons. The molecule has 2 fully saturated rings. The summed E-state index contributed by atoms with van der Waals surface area (Å²) in [6.45, 7) is -0.253. The number of phosphoric acid groups is 1. The first kappa shape index (κ1) is 59.6. The third-order valence-electron chi connectivity index (χ3n) is 13.9. The van der Waals surface area contributed by atoms with Gasteiger partial charge in [-0.05, 0) is 68.5 Å². The number of phosphoric ester groups is 1. The number of unbranched alkanes of at least 4 members (excludes halogenated alkanes) is 12. The summed E-state index contributed by atoms with van der Waals surface area (Å²) in [5.74, 6) is -0.602. The van der Waals surface area contributed by atoms with E-state index in [4.69, 9.17) is 44.0 Å². The summed E-state index contributed by atoms with van der Waals surface area (Å²) in [5, 5.41) is 84.1. The van der Waals surface area contributed by atoms with Crippen LogP contribution in [0.1, 0.15) is 119 Å². The number of halogens is 1. The van der Waals surface area contributed by atoms with Gasteiger partial charge in [-0.1, -0.05) is 82.9 Å². The highest BCUT2D eigenvalue weighted by atomic mass is 31.2. The lowest BCUT2D eigenvalue weighted by molar-refractivity contribution is -0.0803. The van der Waals surface area contributed by atoms with E-state index in [1.807, 2.05) is 18.2 Å². The molecular formula is C53H69FN11O12P. The lowest BCUT2D eigenvalue weighted by Crippen LogP contribution is -2.41. The minimum Gasteiger partial charge on any atom is -0.387 e. The van der Waals surface area contributed by atoms with Crippen LogP contribution in [0.4, 0.5) is 16.0 Å². The molecule has 0 amide bonds. The second kappa shape index (κ2) is 28.2. The summed E-state index contributed by atoms with van der Waals surface area (Å²) in [4.78, 5) is 7.88. The van der Waals surface area contributed by atoms with E-state index in [1.54, 1.807) is 0 Å². The van der Waals surface area contributed by atoms with E-state index in [1.165, 1.54) is 84.0 Å². The molecule has 5 aromatic rings. The van der Waals surface area contributed by atoms with Crippen molar-refractivity contribution in [3.8, 4) is 18.2 Å². The second-order valence-electron chi connectivity index (χ2n) is 19.4. The first-order valence-electron chi connectivity index (χ1n) is 26.4. The molecule has 25 heteroatoms. The van der Waals surface area contributed by atoms with Gasteiger partial charge in [0, 0.05) is 12.2 Å². The van der Waals surface area contributed by atoms with E-state index in [2.05, 4.69) is 39.2 Å². The van der Waals surface area contributed by atoms with Crippen molar-refractivity contribution in [3.63, 3.8) is 0 Å². The smallest absolute Gasteiger partial charge is 0.387 e. The highest BCUT2D eigenvalue weighted by molar-refractivity contribution is 7.48. The van der Waals surface area contributed by atoms with Crippen LogP contribution < -0.4 is 11.5 Å². The molecule has 0 unspecified atom stereocenters. The van der Waals surface area contributed by atoms with Gasteiger partial charge < -0.3 is 50.8 Å². The van der Waals surface area contributed by atoms with Crippen molar-refractivity contribution in [3.05, 3.63) is 95.6 Å². The van der Waals surface area contributed by atoms with Gasteiger partial charge in [0.1, 0.15) is 84.4 Å². The normalized spacial score (nSPS) is 23.8. The summed E-state index contributed by atoms with van der Waals surface area (Å²) in [5.41, 5.74) is 8.17. The Labute approximate surface area is 451 Å². The molecule has 4 aromatic heterocycles. The van der Waals surface area contributed by atoms with Crippen molar-refractivity contribution in [1.82, 2.24) is 29.2 Å². The van der Waals surface area contributed by atoms with Crippen molar-refractivity contribution < 1.29 is 61.9 Å². The number of nitriles is 3. The Hall–Kier alpha value is -6.01.